The number of benzene rings is 3. The maximum atomic E-state index is 14.8. The molecule has 0 radical (unpaired) electrons. The minimum Gasteiger partial charge on any atom is -0.480 e. The largest absolute Gasteiger partial charge is 0.480 e. The minimum absolute atomic E-state index is 0.234. The lowest BCUT2D eigenvalue weighted by Gasteiger charge is -2.13. The number of amides is 1. The van der Waals surface area contributed by atoms with Gasteiger partial charge in [0.05, 0.1) is 15.9 Å². The molecule has 0 spiro atoms. The van der Waals surface area contributed by atoms with Crippen molar-refractivity contribution in [2.24, 2.45) is 0 Å². The maximum Gasteiger partial charge on any atom is 0.329 e. The number of rotatable bonds is 6. The molecule has 166 valence electrons. The van der Waals surface area contributed by atoms with Gasteiger partial charge in [0.2, 0.25) is 0 Å². The van der Waals surface area contributed by atoms with E-state index in [9.17, 15) is 23.5 Å². The van der Waals surface area contributed by atoms with Crippen molar-refractivity contribution in [1.82, 2.24) is 10.3 Å². The number of carbonyl (C=O) groups excluding carboxylic acids is 1. The summed E-state index contributed by atoms with van der Waals surface area (Å²) in [7, 11) is 0. The first-order valence-electron chi connectivity index (χ1n) is 10.1. The van der Waals surface area contributed by atoms with E-state index in [0.29, 0.717) is 44.9 Å². The number of fused-ring (bicyclic) bond motifs is 1. The van der Waals surface area contributed by atoms with Crippen LogP contribution in [-0.2, 0) is 4.79 Å². The van der Waals surface area contributed by atoms with Crippen LogP contribution in [0, 0.1) is 11.6 Å². The topological polar surface area (TPSA) is 91.3 Å². The lowest BCUT2D eigenvalue weighted by molar-refractivity contribution is -0.140. The number of carboxylic acids is 1. The van der Waals surface area contributed by atoms with Crippen molar-refractivity contribution >= 4 is 44.2 Å². The summed E-state index contributed by atoms with van der Waals surface area (Å²) in [6, 6.07) is 15.5. The Morgan fingerprint density at radius 1 is 0.970 bits per heavy atom. The van der Waals surface area contributed by atoms with Crippen LogP contribution >= 0.6 is 11.3 Å². The second-order valence-corrected chi connectivity index (χ2v) is 8.90. The van der Waals surface area contributed by atoms with Gasteiger partial charge in [-0.15, -0.1) is 0 Å². The van der Waals surface area contributed by atoms with Crippen LogP contribution in [0.5, 0.6) is 0 Å². The number of nitrogens with one attached hydrogen (secondary N) is 2. The SMILES string of the molecule is O=C(NC1(C(=O)O)CC1)c1ccc(-c2ccc(Nc3nc4ccc(F)cc4s3)c(F)c2)cc1. The second-order valence-electron chi connectivity index (χ2n) is 7.87. The summed E-state index contributed by atoms with van der Waals surface area (Å²) < 4.78 is 28.8. The van der Waals surface area contributed by atoms with E-state index in [4.69, 9.17) is 0 Å². The van der Waals surface area contributed by atoms with Crippen LogP contribution in [0.15, 0.2) is 60.7 Å². The summed E-state index contributed by atoms with van der Waals surface area (Å²) in [6.07, 6.45) is 0.833. The van der Waals surface area contributed by atoms with Gasteiger partial charge < -0.3 is 15.7 Å². The summed E-state index contributed by atoms with van der Waals surface area (Å²) >= 11 is 1.23. The van der Waals surface area contributed by atoms with Gasteiger partial charge in [-0.05, 0) is 66.4 Å². The fourth-order valence-electron chi connectivity index (χ4n) is 3.48. The molecule has 5 rings (SSSR count). The van der Waals surface area contributed by atoms with E-state index in [1.807, 2.05) is 0 Å². The van der Waals surface area contributed by atoms with Crippen molar-refractivity contribution in [3.63, 3.8) is 0 Å². The molecule has 0 aliphatic heterocycles. The molecular formula is C24H17F2N3O3S. The Morgan fingerprint density at radius 2 is 1.70 bits per heavy atom. The molecule has 9 heteroatoms. The predicted molar refractivity (Wildman–Crippen MR) is 122 cm³/mol. The van der Waals surface area contributed by atoms with Gasteiger partial charge in [-0.1, -0.05) is 29.5 Å². The van der Waals surface area contributed by atoms with Crippen LogP contribution in [-0.4, -0.2) is 27.5 Å². The number of thiazole rings is 1. The van der Waals surface area contributed by atoms with E-state index < -0.39 is 23.2 Å². The number of nitrogens with zero attached hydrogens (tertiary/aromatic N) is 1. The van der Waals surface area contributed by atoms with E-state index in [0.717, 1.165) is 0 Å². The van der Waals surface area contributed by atoms with Crippen molar-refractivity contribution in [3.05, 3.63) is 77.9 Å². The molecule has 1 aliphatic carbocycles. The molecule has 0 atom stereocenters. The second kappa shape index (κ2) is 7.93. The number of aromatic nitrogens is 1. The number of hydrogen-bond acceptors (Lipinski definition) is 5. The predicted octanol–water partition coefficient (Wildman–Crippen LogP) is 5.33. The molecule has 0 saturated heterocycles. The number of aliphatic carboxylic acids is 1. The quantitative estimate of drug-likeness (QED) is 0.358. The van der Waals surface area contributed by atoms with E-state index in [1.54, 1.807) is 42.5 Å². The van der Waals surface area contributed by atoms with Gasteiger partial charge in [0.15, 0.2) is 5.13 Å². The number of hydrogen-bond donors (Lipinski definition) is 3. The average molecular weight is 465 g/mol. The normalized spacial score (nSPS) is 14.1. The summed E-state index contributed by atoms with van der Waals surface area (Å²) in [5.74, 6) is -2.33. The highest BCUT2D eigenvalue weighted by atomic mass is 32.1. The van der Waals surface area contributed by atoms with Crippen LogP contribution in [0.1, 0.15) is 23.2 Å². The van der Waals surface area contributed by atoms with Gasteiger partial charge in [0.1, 0.15) is 17.2 Å². The molecule has 1 fully saturated rings. The standard InChI is InChI=1S/C24H17F2N3O3S/c25-16-6-8-19-20(12-16)33-23(28-19)27-18-7-5-15(11-17(18)26)13-1-3-14(4-2-13)21(30)29-24(9-10-24)22(31)32/h1-8,11-12H,9-10H2,(H,27,28)(H,29,30)(H,31,32). The lowest BCUT2D eigenvalue weighted by atomic mass is 10.0. The zero-order chi connectivity index (χ0) is 23.2. The Bertz CT molecular complexity index is 1400. The molecule has 0 unspecified atom stereocenters. The fourth-order valence-corrected chi connectivity index (χ4v) is 4.39. The molecule has 1 heterocycles. The van der Waals surface area contributed by atoms with Crippen LogP contribution in [0.4, 0.5) is 19.6 Å². The van der Waals surface area contributed by atoms with Crippen LogP contribution in [0.25, 0.3) is 21.3 Å². The van der Waals surface area contributed by atoms with Gasteiger partial charge in [0.25, 0.3) is 5.91 Å². The monoisotopic (exact) mass is 465 g/mol. The number of anilines is 2. The average Bonchev–Trinajstić information content (AvgIpc) is 3.47. The third-order valence-corrected chi connectivity index (χ3v) is 6.49. The molecule has 1 aromatic heterocycles. The van der Waals surface area contributed by atoms with Gasteiger partial charge >= 0.3 is 5.97 Å². The van der Waals surface area contributed by atoms with Crippen molar-refractivity contribution in [3.8, 4) is 11.1 Å². The fraction of sp³-hybridized carbons (Fsp3) is 0.125. The maximum absolute atomic E-state index is 14.8. The van der Waals surface area contributed by atoms with E-state index in [1.165, 1.54) is 29.5 Å². The van der Waals surface area contributed by atoms with Crippen LogP contribution in [0.2, 0.25) is 0 Å². The molecule has 33 heavy (non-hydrogen) atoms. The highest BCUT2D eigenvalue weighted by Gasteiger charge is 2.51. The first-order valence-corrected chi connectivity index (χ1v) is 10.9. The molecule has 3 aromatic carbocycles. The molecule has 1 saturated carbocycles. The van der Waals surface area contributed by atoms with Gasteiger partial charge in [0, 0.05) is 5.56 Å². The van der Waals surface area contributed by atoms with Crippen molar-refractivity contribution in [2.45, 2.75) is 18.4 Å². The number of halogens is 2. The lowest BCUT2D eigenvalue weighted by Crippen LogP contribution is -2.43. The molecule has 0 bridgehead atoms. The van der Waals surface area contributed by atoms with Gasteiger partial charge in [-0.25, -0.2) is 18.6 Å². The third-order valence-electron chi connectivity index (χ3n) is 5.55. The molecule has 1 amide bonds. The van der Waals surface area contributed by atoms with E-state index in [-0.39, 0.29) is 11.5 Å². The first-order chi connectivity index (χ1) is 15.8. The smallest absolute Gasteiger partial charge is 0.329 e. The van der Waals surface area contributed by atoms with Crippen LogP contribution in [0.3, 0.4) is 0 Å². The molecule has 1 aliphatic rings. The Labute approximate surface area is 190 Å². The zero-order valence-corrected chi connectivity index (χ0v) is 17.9. The third kappa shape index (κ3) is 4.14. The zero-order valence-electron chi connectivity index (χ0n) is 17.1. The van der Waals surface area contributed by atoms with Crippen LogP contribution < -0.4 is 10.6 Å². The highest BCUT2D eigenvalue weighted by molar-refractivity contribution is 7.22. The Balaban J connectivity index is 1.31. The Kier molecular flexibility index (Phi) is 5.05. The van der Waals surface area contributed by atoms with E-state index in [2.05, 4.69) is 15.6 Å². The number of carboxylic acid groups (broad SMARTS) is 1. The molecular weight excluding hydrogens is 448 g/mol. The van der Waals surface area contributed by atoms with Crippen molar-refractivity contribution < 1.29 is 23.5 Å². The van der Waals surface area contributed by atoms with Crippen molar-refractivity contribution in [1.29, 1.82) is 0 Å². The number of carbonyl (C=O) groups is 2. The minimum atomic E-state index is -1.15. The summed E-state index contributed by atoms with van der Waals surface area (Å²) in [4.78, 5) is 27.9. The molecule has 3 N–H and O–H groups in total. The summed E-state index contributed by atoms with van der Waals surface area (Å²) in [5.41, 5.74) is 1.35. The van der Waals surface area contributed by atoms with Gasteiger partial charge in [-0.3, -0.25) is 4.79 Å². The highest BCUT2D eigenvalue weighted by Crippen LogP contribution is 2.36. The molecule has 6 nitrogen and oxygen atoms in total. The summed E-state index contributed by atoms with van der Waals surface area (Å²) in [5, 5.41) is 15.2. The molecule has 4 aromatic rings. The summed E-state index contributed by atoms with van der Waals surface area (Å²) in [6.45, 7) is 0. The van der Waals surface area contributed by atoms with Gasteiger partial charge in [-0.2, -0.15) is 0 Å². The Hall–Kier alpha value is -3.85. The van der Waals surface area contributed by atoms with Crippen molar-refractivity contribution in [2.75, 3.05) is 5.32 Å². The van der Waals surface area contributed by atoms with E-state index >= 15 is 0 Å². The first kappa shape index (κ1) is 21.0. The Morgan fingerprint density at radius 3 is 2.36 bits per heavy atom.